The second-order valence-electron chi connectivity index (χ2n) is 2.67. The minimum atomic E-state index is -0.664. The maximum Gasteiger partial charge on any atom is 0.251 e. The van der Waals surface area contributed by atoms with Crippen LogP contribution in [-0.4, -0.2) is 21.9 Å². The van der Waals surface area contributed by atoms with Crippen molar-refractivity contribution in [2.75, 3.05) is 0 Å². The van der Waals surface area contributed by atoms with Crippen LogP contribution in [0.1, 0.15) is 33.5 Å². The Kier molecular flexibility index (Phi) is 2.36. The predicted octanol–water partition coefficient (Wildman–Crippen LogP) is 0.0865. The molecule has 5 heteroatoms. The highest BCUT2D eigenvalue weighted by Gasteiger charge is 2.14. The summed E-state index contributed by atoms with van der Waals surface area (Å²) in [6.45, 7) is 2.98. The Morgan fingerprint density at radius 3 is 2.46 bits per heavy atom. The zero-order chi connectivity index (χ0) is 10.0. The smallest absolute Gasteiger partial charge is 0.251 e. The second-order valence-corrected chi connectivity index (χ2v) is 2.67. The molecule has 0 saturated carbocycles. The van der Waals surface area contributed by atoms with Gasteiger partial charge in [0.05, 0.1) is 11.3 Å². The average molecular weight is 179 g/mol. The van der Waals surface area contributed by atoms with Crippen molar-refractivity contribution < 1.29 is 9.59 Å². The van der Waals surface area contributed by atoms with Crippen LogP contribution in [0.4, 0.5) is 0 Å². The normalized spacial score (nSPS) is 9.69. The molecule has 0 aliphatic heterocycles. The van der Waals surface area contributed by atoms with Gasteiger partial charge in [-0.1, -0.05) is 0 Å². The van der Waals surface area contributed by atoms with Crippen LogP contribution in [0.25, 0.3) is 0 Å². The molecule has 13 heavy (non-hydrogen) atoms. The van der Waals surface area contributed by atoms with Crippen molar-refractivity contribution in [3.63, 3.8) is 0 Å². The first-order valence-electron chi connectivity index (χ1n) is 3.67. The number of amides is 1. The lowest BCUT2D eigenvalue weighted by atomic mass is 10.1. The third-order valence-corrected chi connectivity index (χ3v) is 1.52. The Labute approximate surface area is 75.0 Å². The molecular formula is C8H9N3O2. The molecule has 0 atom stereocenters. The fourth-order valence-electron chi connectivity index (χ4n) is 0.937. The lowest BCUT2D eigenvalue weighted by molar-refractivity contribution is 0.0969. The van der Waals surface area contributed by atoms with Gasteiger partial charge < -0.3 is 5.73 Å². The fraction of sp³-hybridized carbons (Fsp3) is 0.250. The topological polar surface area (TPSA) is 85.9 Å². The molecule has 1 aromatic heterocycles. The quantitative estimate of drug-likeness (QED) is 0.651. The standard InChI is InChI=1S/C8H9N3O2/c1-4-3-6(8(9)13)7(5(2)12)11-10-4/h3H,1-2H3,(H2,9,13). The lowest BCUT2D eigenvalue weighted by Crippen LogP contribution is -2.17. The SMILES string of the molecule is CC(=O)c1nnc(C)cc1C(N)=O. The number of hydrogen-bond donors (Lipinski definition) is 1. The van der Waals surface area contributed by atoms with Crippen molar-refractivity contribution in [3.05, 3.63) is 23.0 Å². The first-order valence-corrected chi connectivity index (χ1v) is 3.67. The Hall–Kier alpha value is -1.78. The summed E-state index contributed by atoms with van der Waals surface area (Å²) < 4.78 is 0. The van der Waals surface area contributed by atoms with Gasteiger partial charge in [0.25, 0.3) is 5.91 Å². The van der Waals surface area contributed by atoms with E-state index < -0.39 is 5.91 Å². The second kappa shape index (κ2) is 3.30. The van der Waals surface area contributed by atoms with E-state index in [1.54, 1.807) is 6.92 Å². The van der Waals surface area contributed by atoms with Crippen LogP contribution in [0.5, 0.6) is 0 Å². The van der Waals surface area contributed by atoms with Gasteiger partial charge in [0, 0.05) is 6.92 Å². The molecule has 0 spiro atoms. The number of ketones is 1. The monoisotopic (exact) mass is 179 g/mol. The van der Waals surface area contributed by atoms with Crippen molar-refractivity contribution in [1.82, 2.24) is 10.2 Å². The van der Waals surface area contributed by atoms with Crippen LogP contribution >= 0.6 is 0 Å². The highest BCUT2D eigenvalue weighted by molar-refractivity contribution is 6.05. The van der Waals surface area contributed by atoms with Crippen molar-refractivity contribution in [2.24, 2.45) is 5.73 Å². The number of Topliss-reactive ketones (excluding diaryl/α,β-unsaturated/α-hetero) is 1. The Balaban J connectivity index is 3.35. The first-order chi connectivity index (χ1) is 6.02. The van der Waals surface area contributed by atoms with Crippen LogP contribution < -0.4 is 5.73 Å². The number of rotatable bonds is 2. The molecule has 0 unspecified atom stereocenters. The van der Waals surface area contributed by atoms with Crippen LogP contribution in [0, 0.1) is 6.92 Å². The number of primary amides is 1. The zero-order valence-electron chi connectivity index (χ0n) is 7.37. The molecule has 2 N–H and O–H groups in total. The third kappa shape index (κ3) is 1.87. The van der Waals surface area contributed by atoms with E-state index in [0.717, 1.165) is 0 Å². The van der Waals surface area contributed by atoms with Crippen molar-refractivity contribution in [2.45, 2.75) is 13.8 Å². The van der Waals surface area contributed by atoms with Gasteiger partial charge in [0.15, 0.2) is 5.78 Å². The molecule has 0 aliphatic carbocycles. The number of nitrogens with two attached hydrogens (primary N) is 1. The summed E-state index contributed by atoms with van der Waals surface area (Å²) >= 11 is 0. The van der Waals surface area contributed by atoms with Crippen molar-refractivity contribution in [3.8, 4) is 0 Å². The van der Waals surface area contributed by atoms with E-state index in [4.69, 9.17) is 5.73 Å². The van der Waals surface area contributed by atoms with Crippen molar-refractivity contribution in [1.29, 1.82) is 0 Å². The molecule has 1 rings (SSSR count). The zero-order valence-corrected chi connectivity index (χ0v) is 7.37. The predicted molar refractivity (Wildman–Crippen MR) is 45.3 cm³/mol. The Morgan fingerprint density at radius 2 is 2.00 bits per heavy atom. The van der Waals surface area contributed by atoms with Crippen LogP contribution in [0.2, 0.25) is 0 Å². The largest absolute Gasteiger partial charge is 0.366 e. The van der Waals surface area contributed by atoms with E-state index in [2.05, 4.69) is 10.2 Å². The number of hydrogen-bond acceptors (Lipinski definition) is 4. The summed E-state index contributed by atoms with van der Waals surface area (Å²) in [7, 11) is 0. The lowest BCUT2D eigenvalue weighted by Gasteiger charge is -2.01. The average Bonchev–Trinajstić information content (AvgIpc) is 2.03. The number of carbonyl (C=O) groups is 2. The van der Waals surface area contributed by atoms with Gasteiger partial charge >= 0.3 is 0 Å². The summed E-state index contributed by atoms with van der Waals surface area (Å²) in [5, 5.41) is 7.26. The summed E-state index contributed by atoms with van der Waals surface area (Å²) in [5.74, 6) is -0.982. The Morgan fingerprint density at radius 1 is 1.38 bits per heavy atom. The number of nitrogens with zero attached hydrogens (tertiary/aromatic N) is 2. The number of aromatic nitrogens is 2. The molecule has 0 saturated heterocycles. The summed E-state index contributed by atoms with van der Waals surface area (Å²) in [4.78, 5) is 21.9. The van der Waals surface area contributed by atoms with Gasteiger partial charge in [0.2, 0.25) is 0 Å². The molecular weight excluding hydrogens is 170 g/mol. The van der Waals surface area contributed by atoms with E-state index in [-0.39, 0.29) is 17.0 Å². The van der Waals surface area contributed by atoms with Gasteiger partial charge in [-0.3, -0.25) is 9.59 Å². The van der Waals surface area contributed by atoms with Gasteiger partial charge in [0.1, 0.15) is 5.69 Å². The molecule has 0 bridgehead atoms. The summed E-state index contributed by atoms with van der Waals surface area (Å²) in [5.41, 5.74) is 5.77. The molecule has 1 amide bonds. The summed E-state index contributed by atoms with van der Waals surface area (Å²) in [6, 6.07) is 1.45. The van der Waals surface area contributed by atoms with Crippen LogP contribution in [0.3, 0.4) is 0 Å². The summed E-state index contributed by atoms with van der Waals surface area (Å²) in [6.07, 6.45) is 0. The van der Waals surface area contributed by atoms with Crippen molar-refractivity contribution >= 4 is 11.7 Å². The molecule has 1 heterocycles. The van der Waals surface area contributed by atoms with E-state index in [9.17, 15) is 9.59 Å². The first kappa shape index (κ1) is 9.31. The molecule has 1 aromatic rings. The fourth-order valence-corrected chi connectivity index (χ4v) is 0.937. The third-order valence-electron chi connectivity index (χ3n) is 1.52. The minimum absolute atomic E-state index is 0.0260. The number of aryl methyl sites for hydroxylation is 1. The molecule has 68 valence electrons. The maximum atomic E-state index is 11.0. The van der Waals surface area contributed by atoms with Gasteiger partial charge in [-0.25, -0.2) is 0 Å². The van der Waals surface area contributed by atoms with Crippen LogP contribution in [-0.2, 0) is 0 Å². The van der Waals surface area contributed by atoms with E-state index in [0.29, 0.717) is 5.69 Å². The van der Waals surface area contributed by atoms with E-state index in [1.807, 2.05) is 0 Å². The van der Waals surface area contributed by atoms with Gasteiger partial charge in [-0.2, -0.15) is 5.10 Å². The van der Waals surface area contributed by atoms with Crippen LogP contribution in [0.15, 0.2) is 6.07 Å². The van der Waals surface area contributed by atoms with E-state index in [1.165, 1.54) is 13.0 Å². The molecule has 0 aliphatic rings. The molecule has 0 aromatic carbocycles. The number of carbonyl (C=O) groups excluding carboxylic acids is 2. The Bertz CT molecular complexity index is 374. The molecule has 0 fully saturated rings. The molecule has 0 radical (unpaired) electrons. The van der Waals surface area contributed by atoms with Gasteiger partial charge in [-0.05, 0) is 13.0 Å². The highest BCUT2D eigenvalue weighted by atomic mass is 16.1. The van der Waals surface area contributed by atoms with Gasteiger partial charge in [-0.15, -0.1) is 5.10 Å². The minimum Gasteiger partial charge on any atom is -0.366 e. The molecule has 5 nitrogen and oxygen atoms in total. The highest BCUT2D eigenvalue weighted by Crippen LogP contribution is 2.05. The van der Waals surface area contributed by atoms with E-state index >= 15 is 0 Å². The maximum absolute atomic E-state index is 11.0.